The van der Waals surface area contributed by atoms with Crippen molar-refractivity contribution in [3.05, 3.63) is 52.3 Å². The lowest BCUT2D eigenvalue weighted by Gasteiger charge is -2.09. The maximum absolute atomic E-state index is 11.2. The number of benzene rings is 1. The number of hydrogen-bond donors (Lipinski definition) is 1. The Morgan fingerprint density at radius 3 is 2.73 bits per heavy atom. The van der Waals surface area contributed by atoms with Gasteiger partial charge in [0.2, 0.25) is 5.82 Å². The molecule has 0 saturated carbocycles. The van der Waals surface area contributed by atoms with Crippen molar-refractivity contribution in [3.8, 4) is 5.88 Å². The van der Waals surface area contributed by atoms with E-state index in [1.807, 2.05) is 37.3 Å². The van der Waals surface area contributed by atoms with E-state index in [1.54, 1.807) is 0 Å². The van der Waals surface area contributed by atoms with Crippen LogP contribution in [0.2, 0.25) is 0 Å². The molecule has 0 amide bonds. The van der Waals surface area contributed by atoms with E-state index in [1.165, 1.54) is 6.33 Å². The highest BCUT2D eigenvalue weighted by Crippen LogP contribution is 2.30. The van der Waals surface area contributed by atoms with E-state index in [4.69, 9.17) is 4.74 Å². The number of hydrogen-bond acceptors (Lipinski definition) is 6. The van der Waals surface area contributed by atoms with Crippen molar-refractivity contribution in [3.63, 3.8) is 0 Å². The van der Waals surface area contributed by atoms with Gasteiger partial charge in [0.25, 0.3) is 5.88 Å². The first-order chi connectivity index (χ1) is 10.7. The number of rotatable bonds is 8. The van der Waals surface area contributed by atoms with Crippen molar-refractivity contribution >= 4 is 11.5 Å². The Hall–Kier alpha value is -2.70. The molecule has 22 heavy (non-hydrogen) atoms. The molecule has 0 radical (unpaired) electrons. The average Bonchev–Trinajstić information content (AvgIpc) is 2.53. The zero-order valence-corrected chi connectivity index (χ0v) is 12.4. The van der Waals surface area contributed by atoms with Crippen LogP contribution in [0.15, 0.2) is 36.7 Å². The summed E-state index contributed by atoms with van der Waals surface area (Å²) in [5, 5.41) is 14.2. The van der Waals surface area contributed by atoms with Crippen molar-refractivity contribution < 1.29 is 9.66 Å². The molecule has 0 spiro atoms. The Morgan fingerprint density at radius 1 is 1.27 bits per heavy atom. The minimum Gasteiger partial charge on any atom is -0.473 e. The molecular weight excluding hydrogens is 284 g/mol. The molecule has 116 valence electrons. The zero-order valence-electron chi connectivity index (χ0n) is 12.4. The van der Waals surface area contributed by atoms with Crippen LogP contribution in [0.25, 0.3) is 0 Å². The van der Waals surface area contributed by atoms with Gasteiger partial charge in [0.05, 0.1) is 11.5 Å². The number of nitro groups is 1. The molecule has 7 nitrogen and oxygen atoms in total. The Morgan fingerprint density at radius 2 is 2.05 bits per heavy atom. The van der Waals surface area contributed by atoms with Crippen LogP contribution in [0.4, 0.5) is 11.5 Å². The molecule has 0 aliphatic heterocycles. The third-order valence-electron chi connectivity index (χ3n) is 2.96. The molecule has 2 aromatic rings. The lowest BCUT2D eigenvalue weighted by molar-refractivity contribution is -0.385. The van der Waals surface area contributed by atoms with Crippen molar-refractivity contribution in [1.29, 1.82) is 0 Å². The Labute approximate surface area is 128 Å². The van der Waals surface area contributed by atoms with Crippen LogP contribution in [0.3, 0.4) is 0 Å². The molecule has 0 unspecified atom stereocenters. The number of nitrogens with zero attached hydrogens (tertiary/aromatic N) is 3. The van der Waals surface area contributed by atoms with Gasteiger partial charge in [0, 0.05) is 6.54 Å². The minimum absolute atomic E-state index is 0.00376. The average molecular weight is 302 g/mol. The highest BCUT2D eigenvalue weighted by Gasteiger charge is 2.24. The monoisotopic (exact) mass is 302 g/mol. The number of nitrogens with one attached hydrogen (secondary N) is 1. The predicted molar refractivity (Wildman–Crippen MR) is 83.1 cm³/mol. The van der Waals surface area contributed by atoms with Crippen LogP contribution in [0, 0.1) is 10.1 Å². The highest BCUT2D eigenvalue weighted by molar-refractivity contribution is 5.61. The molecule has 1 heterocycles. The van der Waals surface area contributed by atoms with E-state index in [0.29, 0.717) is 13.2 Å². The first-order valence-corrected chi connectivity index (χ1v) is 7.12. The molecule has 1 N–H and O–H groups in total. The van der Waals surface area contributed by atoms with E-state index in [-0.39, 0.29) is 17.4 Å². The third-order valence-corrected chi connectivity index (χ3v) is 2.96. The lowest BCUT2D eigenvalue weighted by atomic mass is 10.1. The van der Waals surface area contributed by atoms with Crippen LogP contribution < -0.4 is 10.1 Å². The summed E-state index contributed by atoms with van der Waals surface area (Å²) < 4.78 is 5.32. The maximum Gasteiger partial charge on any atom is 0.372 e. The van der Waals surface area contributed by atoms with E-state index < -0.39 is 4.92 Å². The van der Waals surface area contributed by atoms with Crippen molar-refractivity contribution in [1.82, 2.24) is 9.97 Å². The van der Waals surface area contributed by atoms with Gasteiger partial charge >= 0.3 is 5.69 Å². The third kappa shape index (κ3) is 4.15. The van der Waals surface area contributed by atoms with E-state index in [0.717, 1.165) is 18.4 Å². The van der Waals surface area contributed by atoms with Gasteiger partial charge in [-0.25, -0.2) is 4.98 Å². The standard InChI is InChI=1S/C15H18N4O3/c1-2-10-22-15-13(19(20)21)14(17-11-18-15)16-9-8-12-6-4-3-5-7-12/h3-7,11H,2,8-10H2,1H3,(H,16,17,18). The first kappa shape index (κ1) is 15.7. The van der Waals surface area contributed by atoms with Crippen molar-refractivity contribution in [2.75, 3.05) is 18.5 Å². The second-order valence-electron chi connectivity index (χ2n) is 4.64. The fourth-order valence-electron chi connectivity index (χ4n) is 1.93. The number of ether oxygens (including phenoxy) is 1. The topological polar surface area (TPSA) is 90.2 Å². The summed E-state index contributed by atoms with van der Waals surface area (Å²) in [6.07, 6.45) is 2.76. The quantitative estimate of drug-likeness (QED) is 0.595. The summed E-state index contributed by atoms with van der Waals surface area (Å²) in [5.74, 6) is 0.186. The van der Waals surface area contributed by atoms with Gasteiger partial charge in [0.15, 0.2) is 0 Å². The van der Waals surface area contributed by atoms with E-state index in [9.17, 15) is 10.1 Å². The number of anilines is 1. The van der Waals surface area contributed by atoms with Gasteiger partial charge in [0.1, 0.15) is 6.33 Å². The minimum atomic E-state index is -0.518. The molecule has 0 aliphatic rings. The SMILES string of the molecule is CCCOc1ncnc(NCCc2ccccc2)c1[N+](=O)[O-]. The smallest absolute Gasteiger partial charge is 0.372 e. The molecule has 1 aromatic heterocycles. The fraction of sp³-hybridized carbons (Fsp3) is 0.333. The molecule has 1 aromatic carbocycles. The second kappa shape index (κ2) is 7.92. The summed E-state index contributed by atoms with van der Waals surface area (Å²) in [5.41, 5.74) is 0.929. The maximum atomic E-state index is 11.2. The second-order valence-corrected chi connectivity index (χ2v) is 4.64. The molecule has 0 bridgehead atoms. The first-order valence-electron chi connectivity index (χ1n) is 7.12. The Kier molecular flexibility index (Phi) is 5.65. The van der Waals surface area contributed by atoms with Crippen LogP contribution in [0.1, 0.15) is 18.9 Å². The van der Waals surface area contributed by atoms with Gasteiger partial charge in [-0.15, -0.1) is 0 Å². The normalized spacial score (nSPS) is 10.2. The summed E-state index contributed by atoms with van der Waals surface area (Å²) in [4.78, 5) is 18.5. The van der Waals surface area contributed by atoms with Crippen LogP contribution in [0.5, 0.6) is 5.88 Å². The van der Waals surface area contributed by atoms with Gasteiger partial charge in [-0.2, -0.15) is 4.98 Å². The molecule has 2 rings (SSSR count). The predicted octanol–water partition coefficient (Wildman–Crippen LogP) is 2.83. The summed E-state index contributed by atoms with van der Waals surface area (Å²) >= 11 is 0. The molecule has 0 fully saturated rings. The van der Waals surface area contributed by atoms with E-state index >= 15 is 0 Å². The lowest BCUT2D eigenvalue weighted by Crippen LogP contribution is -2.10. The van der Waals surface area contributed by atoms with Gasteiger partial charge in [-0.05, 0) is 18.4 Å². The van der Waals surface area contributed by atoms with Crippen LogP contribution in [-0.2, 0) is 6.42 Å². The van der Waals surface area contributed by atoms with Crippen LogP contribution >= 0.6 is 0 Å². The van der Waals surface area contributed by atoms with Crippen molar-refractivity contribution in [2.24, 2.45) is 0 Å². The zero-order chi connectivity index (χ0) is 15.8. The van der Waals surface area contributed by atoms with Gasteiger partial charge < -0.3 is 10.1 Å². The Bertz CT molecular complexity index is 619. The molecular formula is C15H18N4O3. The summed E-state index contributed by atoms with van der Waals surface area (Å²) in [6.45, 7) is 2.84. The van der Waals surface area contributed by atoms with E-state index in [2.05, 4.69) is 15.3 Å². The van der Waals surface area contributed by atoms with Gasteiger partial charge in [-0.3, -0.25) is 10.1 Å². The molecule has 0 saturated heterocycles. The fourth-order valence-corrected chi connectivity index (χ4v) is 1.93. The summed E-state index contributed by atoms with van der Waals surface area (Å²) in [7, 11) is 0. The molecule has 7 heteroatoms. The highest BCUT2D eigenvalue weighted by atomic mass is 16.6. The molecule has 0 atom stereocenters. The van der Waals surface area contributed by atoms with Gasteiger partial charge in [-0.1, -0.05) is 37.3 Å². The number of aromatic nitrogens is 2. The Balaban J connectivity index is 2.07. The van der Waals surface area contributed by atoms with Crippen molar-refractivity contribution in [2.45, 2.75) is 19.8 Å². The van der Waals surface area contributed by atoms with Crippen LogP contribution in [-0.4, -0.2) is 28.0 Å². The molecule has 0 aliphatic carbocycles. The summed E-state index contributed by atoms with van der Waals surface area (Å²) in [6, 6.07) is 9.87. The largest absolute Gasteiger partial charge is 0.473 e.